The molecule has 0 aliphatic carbocycles. The van der Waals surface area contributed by atoms with Gasteiger partial charge in [0.05, 0.1) is 32.5 Å². The Balaban J connectivity index is 1.56. The number of hydroxylamine groups is 4. The number of nitrogens with zero attached hydrogens (tertiary/aromatic N) is 2. The fraction of sp³-hybridized carbons (Fsp3) is 1.00. The van der Waals surface area contributed by atoms with Gasteiger partial charge < -0.3 is 18.9 Å². The number of epoxide rings is 2. The Morgan fingerprint density at radius 3 is 1.72 bits per heavy atom. The number of rotatable bonds is 8. The van der Waals surface area contributed by atoms with E-state index in [0.29, 0.717) is 26.1 Å². The molecular weight excluding hydrogens is 412 g/mol. The molecule has 4 heterocycles. The van der Waals surface area contributed by atoms with E-state index in [1.807, 2.05) is 27.7 Å². The number of hydrogen-bond acceptors (Lipinski definition) is 7. The van der Waals surface area contributed by atoms with Crippen molar-refractivity contribution in [3.05, 3.63) is 0 Å². The van der Waals surface area contributed by atoms with Crippen molar-refractivity contribution in [2.24, 2.45) is 0 Å². The molecule has 8 heteroatoms. The Morgan fingerprint density at radius 2 is 1.25 bits per heavy atom. The average molecular weight is 456 g/mol. The first-order valence-corrected chi connectivity index (χ1v) is 12.1. The lowest BCUT2D eigenvalue weighted by atomic mass is 9.77. The second kappa shape index (κ2) is 8.12. The highest BCUT2D eigenvalue weighted by atomic mass is 16.8. The average Bonchev–Trinajstić information content (AvgIpc) is 3.53. The fourth-order valence-electron chi connectivity index (χ4n) is 6.06. The van der Waals surface area contributed by atoms with Gasteiger partial charge in [-0.3, -0.25) is 4.84 Å². The van der Waals surface area contributed by atoms with Crippen LogP contribution in [0.2, 0.25) is 0 Å². The largest absolute Gasteiger partial charge is 0.375 e. The quantitative estimate of drug-likeness (QED) is 0.410. The second-order valence-electron chi connectivity index (χ2n) is 12.8. The van der Waals surface area contributed by atoms with Crippen LogP contribution in [0.1, 0.15) is 81.1 Å². The molecule has 4 fully saturated rings. The van der Waals surface area contributed by atoms with Gasteiger partial charge in [-0.05, 0) is 68.2 Å². The smallest absolute Gasteiger partial charge is 0.191 e. The van der Waals surface area contributed by atoms with E-state index in [4.69, 9.17) is 23.8 Å². The van der Waals surface area contributed by atoms with E-state index >= 15 is 0 Å². The number of hydrogen-bond donors (Lipinski definition) is 0. The third-order valence-corrected chi connectivity index (χ3v) is 7.17. The first-order valence-electron chi connectivity index (χ1n) is 12.1. The summed E-state index contributed by atoms with van der Waals surface area (Å²) < 4.78 is 23.5. The Kier molecular flexibility index (Phi) is 6.29. The molecule has 4 rings (SSSR count). The van der Waals surface area contributed by atoms with Gasteiger partial charge in [0.25, 0.3) is 0 Å². The highest BCUT2D eigenvalue weighted by Gasteiger charge is 2.59. The van der Waals surface area contributed by atoms with Crippen LogP contribution < -0.4 is 0 Å². The molecule has 0 aromatic carbocycles. The third-order valence-electron chi connectivity index (χ3n) is 7.17. The van der Waals surface area contributed by atoms with Gasteiger partial charge in [-0.1, -0.05) is 0 Å². The zero-order valence-corrected chi connectivity index (χ0v) is 21.2. The molecule has 185 valence electrons. The predicted molar refractivity (Wildman–Crippen MR) is 118 cm³/mol. The van der Waals surface area contributed by atoms with Gasteiger partial charge >= 0.3 is 0 Å². The summed E-state index contributed by atoms with van der Waals surface area (Å²) in [7, 11) is 0. The monoisotopic (exact) mass is 455 g/mol. The lowest BCUT2D eigenvalue weighted by molar-refractivity contribution is -0.443. The molecule has 0 saturated carbocycles. The summed E-state index contributed by atoms with van der Waals surface area (Å²) in [5.74, 6) is -0.899. The summed E-state index contributed by atoms with van der Waals surface area (Å²) in [6.07, 6.45) is 3.21. The maximum absolute atomic E-state index is 13.1. The molecule has 8 nitrogen and oxygen atoms in total. The highest BCUT2D eigenvalue weighted by molar-refractivity contribution is 5.03. The molecule has 0 aromatic rings. The van der Waals surface area contributed by atoms with E-state index in [-0.39, 0.29) is 29.4 Å². The van der Waals surface area contributed by atoms with Crippen LogP contribution in [0.5, 0.6) is 0 Å². The van der Waals surface area contributed by atoms with Crippen molar-refractivity contribution in [3.63, 3.8) is 0 Å². The van der Waals surface area contributed by atoms with Crippen LogP contribution in [0.4, 0.5) is 0 Å². The van der Waals surface area contributed by atoms with Crippen LogP contribution in [-0.2, 0) is 29.0 Å². The SMILES string of the molecule is CC1(C)CC(OCC2CO2)(ON2C(C)(C)CC(OCC3CO3)CC2(C)C)CC(C)(C)N1[O]. The molecule has 1 radical (unpaired) electrons. The summed E-state index contributed by atoms with van der Waals surface area (Å²) in [4.78, 5) is 6.94. The van der Waals surface area contributed by atoms with Crippen LogP contribution in [0.15, 0.2) is 0 Å². The summed E-state index contributed by atoms with van der Waals surface area (Å²) in [5, 5.41) is 16.4. The molecule has 2 atom stereocenters. The first-order chi connectivity index (χ1) is 14.6. The van der Waals surface area contributed by atoms with E-state index in [2.05, 4.69) is 32.8 Å². The summed E-state index contributed by atoms with van der Waals surface area (Å²) in [6.45, 7) is 19.4. The van der Waals surface area contributed by atoms with Crippen LogP contribution in [0.3, 0.4) is 0 Å². The maximum atomic E-state index is 13.1. The molecule has 0 aromatic heterocycles. The van der Waals surface area contributed by atoms with Crippen molar-refractivity contribution in [1.29, 1.82) is 0 Å². The third kappa shape index (κ3) is 5.33. The van der Waals surface area contributed by atoms with E-state index in [0.717, 1.165) is 26.1 Å². The maximum Gasteiger partial charge on any atom is 0.191 e. The van der Waals surface area contributed by atoms with E-state index in [1.165, 1.54) is 5.06 Å². The molecule has 0 bridgehead atoms. The molecule has 0 amide bonds. The number of ether oxygens (including phenoxy) is 4. The van der Waals surface area contributed by atoms with Crippen molar-refractivity contribution in [3.8, 4) is 0 Å². The zero-order chi connectivity index (χ0) is 23.6. The lowest BCUT2D eigenvalue weighted by Crippen LogP contribution is -2.70. The van der Waals surface area contributed by atoms with Crippen molar-refractivity contribution in [1.82, 2.24) is 10.1 Å². The Morgan fingerprint density at radius 1 is 0.781 bits per heavy atom. The summed E-state index contributed by atoms with van der Waals surface area (Å²) in [5.41, 5.74) is -1.78. The van der Waals surface area contributed by atoms with Crippen molar-refractivity contribution in [2.75, 3.05) is 26.4 Å². The van der Waals surface area contributed by atoms with Crippen molar-refractivity contribution in [2.45, 2.75) is 127 Å². The number of piperidine rings is 2. The Hall–Kier alpha value is -0.320. The highest BCUT2D eigenvalue weighted by Crippen LogP contribution is 2.49. The van der Waals surface area contributed by atoms with Gasteiger partial charge in [0.1, 0.15) is 12.2 Å². The minimum absolute atomic E-state index is 0.122. The normalized spacial score (nSPS) is 35.5. The second-order valence-corrected chi connectivity index (χ2v) is 12.8. The first kappa shape index (κ1) is 24.8. The summed E-state index contributed by atoms with van der Waals surface area (Å²) in [6, 6.07) is 0. The van der Waals surface area contributed by atoms with Gasteiger partial charge in [0.2, 0.25) is 0 Å². The minimum atomic E-state index is -0.899. The predicted octanol–water partition coefficient (Wildman–Crippen LogP) is 3.47. The molecule has 0 N–H and O–H groups in total. The van der Waals surface area contributed by atoms with E-state index in [1.54, 1.807) is 0 Å². The van der Waals surface area contributed by atoms with Crippen LogP contribution in [-0.4, -0.2) is 82.8 Å². The molecule has 4 aliphatic heterocycles. The lowest BCUT2D eigenvalue weighted by Gasteiger charge is -2.60. The van der Waals surface area contributed by atoms with Crippen LogP contribution in [0, 0.1) is 0 Å². The molecular formula is C24H43N2O6. The molecule has 0 spiro atoms. The van der Waals surface area contributed by atoms with Gasteiger partial charge in [0, 0.05) is 35.0 Å². The molecule has 4 aliphatic rings. The van der Waals surface area contributed by atoms with Gasteiger partial charge in [-0.15, -0.1) is 10.3 Å². The topological polar surface area (TPSA) is 79.1 Å². The molecule has 32 heavy (non-hydrogen) atoms. The molecule has 2 unspecified atom stereocenters. The standard InChI is InChI=1S/C24H43N2O6/c1-20(2)9-17(28-11-18-12-29-18)10-21(3,4)26(20)32-24(31-14-19-13-30-19)15-22(5,6)25(27)23(7,8)16-24/h17-19H,9-16H2,1-8H3. The van der Waals surface area contributed by atoms with Gasteiger partial charge in [-0.25, -0.2) is 0 Å². The Bertz CT molecular complexity index is 650. The van der Waals surface area contributed by atoms with E-state index < -0.39 is 16.9 Å². The molecule has 4 saturated heterocycles. The Labute approximate surface area is 193 Å². The van der Waals surface area contributed by atoms with Crippen molar-refractivity contribution < 1.29 is 29.0 Å². The van der Waals surface area contributed by atoms with Gasteiger partial charge in [-0.2, -0.15) is 5.06 Å². The van der Waals surface area contributed by atoms with E-state index in [9.17, 15) is 5.21 Å². The van der Waals surface area contributed by atoms with Crippen LogP contribution in [0.25, 0.3) is 0 Å². The zero-order valence-electron chi connectivity index (χ0n) is 21.2. The van der Waals surface area contributed by atoms with Crippen LogP contribution >= 0.6 is 0 Å². The fourth-order valence-corrected chi connectivity index (χ4v) is 6.06. The summed E-state index contributed by atoms with van der Waals surface area (Å²) >= 11 is 0. The van der Waals surface area contributed by atoms with Crippen molar-refractivity contribution >= 4 is 0 Å². The van der Waals surface area contributed by atoms with Gasteiger partial charge in [0.15, 0.2) is 5.79 Å². The minimum Gasteiger partial charge on any atom is -0.375 e.